The van der Waals surface area contributed by atoms with E-state index < -0.39 is 0 Å². The second-order valence-electron chi connectivity index (χ2n) is 2.92. The number of nitrogens with zero attached hydrogens (tertiary/aromatic N) is 4. The zero-order valence-corrected chi connectivity index (χ0v) is 8.90. The Morgan fingerprint density at radius 2 is 2.27 bits per heavy atom. The first-order valence-corrected chi connectivity index (χ1v) is 5.12. The van der Waals surface area contributed by atoms with E-state index in [4.69, 9.17) is 5.26 Å². The number of aryl methyl sites for hydroxylation is 1. The van der Waals surface area contributed by atoms with Crippen molar-refractivity contribution >= 4 is 11.8 Å². The van der Waals surface area contributed by atoms with E-state index in [0.29, 0.717) is 5.56 Å². The molecule has 0 bridgehead atoms. The molecule has 2 heterocycles. The number of rotatable bonds is 2. The van der Waals surface area contributed by atoms with Gasteiger partial charge in [-0.1, -0.05) is 0 Å². The van der Waals surface area contributed by atoms with Crippen molar-refractivity contribution in [2.45, 2.75) is 10.2 Å². The van der Waals surface area contributed by atoms with Crippen LogP contribution in [0.5, 0.6) is 0 Å². The number of aromatic nitrogens is 3. The van der Waals surface area contributed by atoms with Gasteiger partial charge < -0.3 is 4.57 Å². The van der Waals surface area contributed by atoms with Crippen LogP contribution in [0.25, 0.3) is 0 Å². The molecule has 15 heavy (non-hydrogen) atoms. The maximum absolute atomic E-state index is 8.73. The summed E-state index contributed by atoms with van der Waals surface area (Å²) in [4.78, 5) is 8.33. The fraction of sp³-hybridized carbons (Fsp3) is 0.100. The van der Waals surface area contributed by atoms with Crippen LogP contribution >= 0.6 is 11.8 Å². The third-order valence-electron chi connectivity index (χ3n) is 1.84. The maximum atomic E-state index is 8.73. The summed E-state index contributed by atoms with van der Waals surface area (Å²) in [5.74, 6) is 0. The predicted molar refractivity (Wildman–Crippen MR) is 56.3 cm³/mol. The van der Waals surface area contributed by atoms with Gasteiger partial charge in [-0.15, -0.1) is 0 Å². The van der Waals surface area contributed by atoms with Gasteiger partial charge in [0.15, 0.2) is 5.16 Å². The largest absolute Gasteiger partial charge is 0.329 e. The van der Waals surface area contributed by atoms with Crippen LogP contribution in [0, 0.1) is 11.3 Å². The van der Waals surface area contributed by atoms with Gasteiger partial charge in [-0.05, 0) is 23.9 Å². The van der Waals surface area contributed by atoms with E-state index in [-0.39, 0.29) is 0 Å². The van der Waals surface area contributed by atoms with Crippen molar-refractivity contribution in [1.82, 2.24) is 14.5 Å². The molecule has 0 amide bonds. The summed E-state index contributed by atoms with van der Waals surface area (Å²) in [7, 11) is 1.92. The zero-order chi connectivity index (χ0) is 10.7. The van der Waals surface area contributed by atoms with Gasteiger partial charge in [-0.25, -0.2) is 9.97 Å². The quantitative estimate of drug-likeness (QED) is 0.768. The third kappa shape index (κ3) is 2.17. The van der Waals surface area contributed by atoms with E-state index in [0.717, 1.165) is 10.2 Å². The Morgan fingerprint density at radius 1 is 1.40 bits per heavy atom. The Bertz CT molecular complexity index is 512. The molecule has 0 radical (unpaired) electrons. The highest BCUT2D eigenvalue weighted by Crippen LogP contribution is 2.23. The predicted octanol–water partition coefficient (Wildman–Crippen LogP) is 1.84. The molecule has 0 aliphatic carbocycles. The Morgan fingerprint density at radius 3 is 2.93 bits per heavy atom. The Hall–Kier alpha value is -1.80. The second kappa shape index (κ2) is 4.15. The monoisotopic (exact) mass is 216 g/mol. The standard InChI is InChI=1S/C10H8N4S/c1-14-5-4-13-10(14)15-9-6-8(7-11)2-3-12-9/h2-6H,1H3. The molecular weight excluding hydrogens is 208 g/mol. The van der Waals surface area contributed by atoms with Gasteiger partial charge in [0.2, 0.25) is 0 Å². The molecule has 0 unspecified atom stereocenters. The van der Waals surface area contributed by atoms with Gasteiger partial charge in [0, 0.05) is 25.6 Å². The van der Waals surface area contributed by atoms with E-state index in [1.165, 1.54) is 11.8 Å². The van der Waals surface area contributed by atoms with Gasteiger partial charge in [-0.2, -0.15) is 5.26 Å². The molecule has 4 nitrogen and oxygen atoms in total. The minimum Gasteiger partial charge on any atom is -0.329 e. The summed E-state index contributed by atoms with van der Waals surface area (Å²) in [6, 6.07) is 5.51. The van der Waals surface area contributed by atoms with Crippen LogP contribution in [0.15, 0.2) is 40.9 Å². The van der Waals surface area contributed by atoms with Gasteiger partial charge in [0.05, 0.1) is 11.6 Å². The normalized spacial score (nSPS) is 9.87. The van der Waals surface area contributed by atoms with E-state index >= 15 is 0 Å². The summed E-state index contributed by atoms with van der Waals surface area (Å²) in [5.41, 5.74) is 0.613. The van der Waals surface area contributed by atoms with Gasteiger partial charge in [-0.3, -0.25) is 0 Å². The molecule has 0 saturated carbocycles. The molecule has 0 atom stereocenters. The average molecular weight is 216 g/mol. The lowest BCUT2D eigenvalue weighted by atomic mass is 10.3. The lowest BCUT2D eigenvalue weighted by Gasteiger charge is -2.00. The van der Waals surface area contributed by atoms with Crippen molar-refractivity contribution < 1.29 is 0 Å². The minimum atomic E-state index is 0.613. The summed E-state index contributed by atoms with van der Waals surface area (Å²) in [5, 5.41) is 10.4. The SMILES string of the molecule is Cn1ccnc1Sc1cc(C#N)ccn1. The van der Waals surface area contributed by atoms with Crippen LogP contribution in [0.2, 0.25) is 0 Å². The molecule has 2 rings (SSSR count). The Kier molecular flexibility index (Phi) is 2.70. The molecule has 0 aliphatic heterocycles. The fourth-order valence-corrected chi connectivity index (χ4v) is 1.88. The molecule has 5 heteroatoms. The molecule has 0 fully saturated rings. The van der Waals surface area contributed by atoms with Crippen molar-refractivity contribution in [3.63, 3.8) is 0 Å². The van der Waals surface area contributed by atoms with Gasteiger partial charge >= 0.3 is 0 Å². The molecule has 0 N–H and O–H groups in total. The van der Waals surface area contributed by atoms with Crippen LogP contribution in [0.4, 0.5) is 0 Å². The van der Waals surface area contributed by atoms with Crippen molar-refractivity contribution in [2.75, 3.05) is 0 Å². The summed E-state index contributed by atoms with van der Waals surface area (Å²) >= 11 is 1.44. The van der Waals surface area contributed by atoms with E-state index in [1.807, 2.05) is 17.8 Å². The molecule has 0 saturated heterocycles. The van der Waals surface area contributed by atoms with Crippen molar-refractivity contribution in [2.24, 2.45) is 7.05 Å². The highest BCUT2D eigenvalue weighted by Gasteiger charge is 2.03. The number of pyridine rings is 1. The summed E-state index contributed by atoms with van der Waals surface area (Å²) < 4.78 is 1.91. The molecule has 2 aromatic heterocycles. The van der Waals surface area contributed by atoms with Crippen LogP contribution < -0.4 is 0 Å². The summed E-state index contributed by atoms with van der Waals surface area (Å²) in [6.07, 6.45) is 5.23. The first kappa shape index (κ1) is 9.74. The lowest BCUT2D eigenvalue weighted by Crippen LogP contribution is -1.89. The van der Waals surface area contributed by atoms with Gasteiger partial charge in [0.25, 0.3) is 0 Å². The van der Waals surface area contributed by atoms with Crippen LogP contribution in [0.3, 0.4) is 0 Å². The molecule has 0 aliphatic rings. The van der Waals surface area contributed by atoms with E-state index in [1.54, 1.807) is 24.5 Å². The van der Waals surface area contributed by atoms with Crippen LogP contribution in [-0.4, -0.2) is 14.5 Å². The molecule has 0 spiro atoms. The van der Waals surface area contributed by atoms with E-state index in [9.17, 15) is 0 Å². The maximum Gasteiger partial charge on any atom is 0.174 e. The Balaban J connectivity index is 2.25. The molecule has 2 aromatic rings. The fourth-order valence-electron chi connectivity index (χ4n) is 1.08. The first-order valence-electron chi connectivity index (χ1n) is 4.31. The molecular formula is C10H8N4S. The minimum absolute atomic E-state index is 0.613. The Labute approximate surface area is 91.6 Å². The van der Waals surface area contributed by atoms with Crippen LogP contribution in [-0.2, 0) is 7.05 Å². The van der Waals surface area contributed by atoms with E-state index in [2.05, 4.69) is 16.0 Å². The molecule has 74 valence electrons. The number of hydrogen-bond donors (Lipinski definition) is 0. The third-order valence-corrected chi connectivity index (χ3v) is 2.85. The number of hydrogen-bond acceptors (Lipinski definition) is 4. The van der Waals surface area contributed by atoms with Crippen molar-refractivity contribution in [3.05, 3.63) is 36.3 Å². The smallest absolute Gasteiger partial charge is 0.174 e. The first-order chi connectivity index (χ1) is 7.29. The second-order valence-corrected chi connectivity index (χ2v) is 3.90. The van der Waals surface area contributed by atoms with Gasteiger partial charge in [0.1, 0.15) is 5.03 Å². The van der Waals surface area contributed by atoms with Crippen molar-refractivity contribution in [1.29, 1.82) is 5.26 Å². The van der Waals surface area contributed by atoms with Crippen molar-refractivity contribution in [3.8, 4) is 6.07 Å². The zero-order valence-electron chi connectivity index (χ0n) is 8.08. The number of imidazole rings is 1. The summed E-state index contributed by atoms with van der Waals surface area (Å²) in [6.45, 7) is 0. The highest BCUT2D eigenvalue weighted by molar-refractivity contribution is 7.99. The average Bonchev–Trinajstić information content (AvgIpc) is 2.65. The molecule has 0 aromatic carbocycles. The van der Waals surface area contributed by atoms with Crippen LogP contribution in [0.1, 0.15) is 5.56 Å². The topological polar surface area (TPSA) is 54.5 Å². The lowest BCUT2D eigenvalue weighted by molar-refractivity contribution is 0.788. The number of nitriles is 1. The highest BCUT2D eigenvalue weighted by atomic mass is 32.2.